The zero-order valence-electron chi connectivity index (χ0n) is 16.3. The first-order chi connectivity index (χ1) is 13.5. The average Bonchev–Trinajstić information content (AvgIpc) is 2.99. The van der Waals surface area contributed by atoms with Gasteiger partial charge in [0.05, 0.1) is 0 Å². The number of guanidine groups is 1. The molecule has 1 aliphatic heterocycles. The Labute approximate surface area is 165 Å². The molecular formula is C22H27N3O3. The second-order valence-corrected chi connectivity index (χ2v) is 6.62. The van der Waals surface area contributed by atoms with Crippen LogP contribution >= 0.6 is 0 Å². The molecule has 6 nitrogen and oxygen atoms in total. The molecule has 3 N–H and O–H groups in total. The molecule has 148 valence electrons. The molecular weight excluding hydrogens is 354 g/mol. The first kappa shape index (κ1) is 21.2. The van der Waals surface area contributed by atoms with Gasteiger partial charge in [0.1, 0.15) is 0 Å². The molecule has 0 fully saturated rings. The van der Waals surface area contributed by atoms with E-state index in [0.717, 1.165) is 24.0 Å². The Morgan fingerprint density at radius 3 is 1.86 bits per heavy atom. The minimum Gasteiger partial charge on any atom is -0.483 e. The highest BCUT2D eigenvalue weighted by Gasteiger charge is 2.50. The predicted molar refractivity (Wildman–Crippen MR) is 110 cm³/mol. The van der Waals surface area contributed by atoms with E-state index in [1.54, 1.807) is 4.90 Å². The van der Waals surface area contributed by atoms with Gasteiger partial charge in [-0.25, -0.2) is 4.99 Å². The van der Waals surface area contributed by atoms with Gasteiger partial charge in [0.2, 0.25) is 0 Å². The highest BCUT2D eigenvalue weighted by atomic mass is 16.3. The van der Waals surface area contributed by atoms with Gasteiger partial charge in [-0.1, -0.05) is 87.4 Å². The molecule has 1 amide bonds. The van der Waals surface area contributed by atoms with Crippen LogP contribution in [-0.2, 0) is 15.1 Å². The number of aliphatic imine (C=N–C) groups is 1. The third kappa shape index (κ3) is 4.06. The third-order valence-electron chi connectivity index (χ3n) is 5.09. The first-order valence-corrected chi connectivity index (χ1v) is 9.41. The zero-order chi connectivity index (χ0) is 20.6. The fourth-order valence-corrected chi connectivity index (χ4v) is 3.46. The Morgan fingerprint density at radius 2 is 1.46 bits per heavy atom. The normalized spacial score (nSPS) is 15.0. The summed E-state index contributed by atoms with van der Waals surface area (Å²) in [5.41, 5.74) is 6.84. The number of nitrogens with two attached hydrogens (primary N) is 1. The van der Waals surface area contributed by atoms with Crippen LogP contribution in [0.15, 0.2) is 65.7 Å². The van der Waals surface area contributed by atoms with Gasteiger partial charge in [-0.2, -0.15) is 0 Å². The molecule has 0 aliphatic carbocycles. The van der Waals surface area contributed by atoms with Crippen LogP contribution in [0.1, 0.15) is 37.8 Å². The van der Waals surface area contributed by atoms with Gasteiger partial charge in [0.15, 0.2) is 11.5 Å². The smallest absolute Gasteiger partial charge is 0.290 e. The number of benzene rings is 2. The van der Waals surface area contributed by atoms with E-state index in [4.69, 9.17) is 20.6 Å². The van der Waals surface area contributed by atoms with Crippen molar-refractivity contribution in [2.75, 3.05) is 6.54 Å². The number of hydrogen-bond donors (Lipinski definition) is 2. The number of amides is 1. The Bertz CT molecular complexity index is 763. The standard InChI is InChI=1S/C21H25N3O.CH2O2/c1-3-16(4-2)15-24-19(25)21(23-20(24)22,17-11-7-5-8-12-17)18-13-9-6-10-14-18;2-1-3/h5-14,16H,3-4,15H2,1-2H3,(H2,22,23);1H,(H,2,3). The average molecular weight is 381 g/mol. The second kappa shape index (κ2) is 9.69. The molecule has 0 saturated heterocycles. The van der Waals surface area contributed by atoms with Crippen LogP contribution in [0.5, 0.6) is 0 Å². The van der Waals surface area contributed by atoms with Gasteiger partial charge in [-0.15, -0.1) is 0 Å². The predicted octanol–water partition coefficient (Wildman–Crippen LogP) is 3.22. The van der Waals surface area contributed by atoms with Crippen LogP contribution in [0.2, 0.25) is 0 Å². The minimum atomic E-state index is -1.08. The van der Waals surface area contributed by atoms with Gasteiger partial charge in [0.25, 0.3) is 12.4 Å². The second-order valence-electron chi connectivity index (χ2n) is 6.62. The van der Waals surface area contributed by atoms with E-state index in [2.05, 4.69) is 13.8 Å². The molecule has 28 heavy (non-hydrogen) atoms. The molecule has 1 heterocycles. The van der Waals surface area contributed by atoms with E-state index in [-0.39, 0.29) is 12.4 Å². The quantitative estimate of drug-likeness (QED) is 0.751. The summed E-state index contributed by atoms with van der Waals surface area (Å²) in [5.74, 6) is 0.666. The molecule has 0 saturated carbocycles. The molecule has 0 aromatic heterocycles. The summed E-state index contributed by atoms with van der Waals surface area (Å²) in [6, 6.07) is 19.4. The molecule has 0 radical (unpaired) electrons. The third-order valence-corrected chi connectivity index (χ3v) is 5.09. The number of hydrogen-bond acceptors (Lipinski definition) is 4. The maximum absolute atomic E-state index is 13.5. The molecule has 2 aromatic carbocycles. The highest BCUT2D eigenvalue weighted by molar-refractivity contribution is 6.09. The van der Waals surface area contributed by atoms with Gasteiger partial charge in [-0.3, -0.25) is 14.5 Å². The summed E-state index contributed by atoms with van der Waals surface area (Å²) >= 11 is 0. The van der Waals surface area contributed by atoms with Crippen LogP contribution in [0, 0.1) is 5.92 Å². The Hall–Kier alpha value is -3.15. The van der Waals surface area contributed by atoms with Gasteiger partial charge in [0, 0.05) is 6.54 Å². The number of rotatable bonds is 6. The number of carboxylic acid groups (broad SMARTS) is 1. The lowest BCUT2D eigenvalue weighted by molar-refractivity contribution is -0.130. The first-order valence-electron chi connectivity index (χ1n) is 9.41. The largest absolute Gasteiger partial charge is 0.483 e. The lowest BCUT2D eigenvalue weighted by Crippen LogP contribution is -2.45. The fourth-order valence-electron chi connectivity index (χ4n) is 3.46. The number of carbonyl (C=O) groups excluding carboxylic acids is 1. The highest BCUT2D eigenvalue weighted by Crippen LogP contribution is 2.39. The molecule has 0 spiro atoms. The van der Waals surface area contributed by atoms with Crippen molar-refractivity contribution in [2.24, 2.45) is 16.6 Å². The van der Waals surface area contributed by atoms with E-state index >= 15 is 0 Å². The van der Waals surface area contributed by atoms with Crippen molar-refractivity contribution in [3.8, 4) is 0 Å². The van der Waals surface area contributed by atoms with Crippen molar-refractivity contribution in [2.45, 2.75) is 32.2 Å². The lowest BCUT2D eigenvalue weighted by atomic mass is 9.82. The summed E-state index contributed by atoms with van der Waals surface area (Å²) in [6.45, 7) is 4.65. The maximum atomic E-state index is 13.5. The molecule has 1 aliphatic rings. The van der Waals surface area contributed by atoms with E-state index < -0.39 is 5.54 Å². The van der Waals surface area contributed by atoms with Gasteiger partial charge < -0.3 is 10.8 Å². The SMILES string of the molecule is CCC(CC)CN1C(=O)C(c2ccccc2)(c2ccccc2)N=C1N.O=CO. The summed E-state index contributed by atoms with van der Waals surface area (Å²) in [5, 5.41) is 6.89. The lowest BCUT2D eigenvalue weighted by Gasteiger charge is -2.28. The fraction of sp³-hybridized carbons (Fsp3) is 0.318. The summed E-state index contributed by atoms with van der Waals surface area (Å²) in [4.78, 5) is 28.3. The molecule has 6 heteroatoms. The van der Waals surface area contributed by atoms with Crippen LogP contribution in [0.4, 0.5) is 0 Å². The van der Waals surface area contributed by atoms with Crippen LogP contribution in [0.3, 0.4) is 0 Å². The van der Waals surface area contributed by atoms with Crippen molar-refractivity contribution in [3.05, 3.63) is 71.8 Å². The Kier molecular flexibility index (Phi) is 7.32. The molecule has 0 bridgehead atoms. The minimum absolute atomic E-state index is 0.0608. The van der Waals surface area contributed by atoms with E-state index in [1.807, 2.05) is 60.7 Å². The van der Waals surface area contributed by atoms with Crippen LogP contribution < -0.4 is 5.73 Å². The summed E-state index contributed by atoms with van der Waals surface area (Å²) in [7, 11) is 0. The summed E-state index contributed by atoms with van der Waals surface area (Å²) < 4.78 is 0. The van der Waals surface area contributed by atoms with E-state index in [1.165, 1.54) is 0 Å². The molecule has 0 unspecified atom stereocenters. The van der Waals surface area contributed by atoms with Crippen molar-refractivity contribution in [1.29, 1.82) is 0 Å². The van der Waals surface area contributed by atoms with E-state index in [0.29, 0.717) is 18.4 Å². The van der Waals surface area contributed by atoms with Crippen LogP contribution in [-0.4, -0.2) is 34.9 Å². The van der Waals surface area contributed by atoms with Gasteiger partial charge >= 0.3 is 0 Å². The van der Waals surface area contributed by atoms with Crippen molar-refractivity contribution in [1.82, 2.24) is 4.90 Å². The van der Waals surface area contributed by atoms with E-state index in [9.17, 15) is 4.79 Å². The maximum Gasteiger partial charge on any atom is 0.290 e. The molecule has 3 rings (SSSR count). The zero-order valence-corrected chi connectivity index (χ0v) is 16.3. The topological polar surface area (TPSA) is 96.0 Å². The number of carbonyl (C=O) groups is 2. The Morgan fingerprint density at radius 1 is 1.04 bits per heavy atom. The van der Waals surface area contributed by atoms with Crippen molar-refractivity contribution < 1.29 is 14.7 Å². The van der Waals surface area contributed by atoms with Crippen LogP contribution in [0.25, 0.3) is 0 Å². The van der Waals surface area contributed by atoms with Crippen molar-refractivity contribution in [3.63, 3.8) is 0 Å². The van der Waals surface area contributed by atoms with Crippen molar-refractivity contribution >= 4 is 18.3 Å². The van der Waals surface area contributed by atoms with Gasteiger partial charge in [-0.05, 0) is 17.0 Å². The number of nitrogens with zero attached hydrogens (tertiary/aromatic N) is 2. The summed E-state index contributed by atoms with van der Waals surface area (Å²) in [6.07, 6.45) is 2.02. The molecule has 0 atom stereocenters. The Balaban J connectivity index is 0.000000878. The molecule has 2 aromatic rings. The monoisotopic (exact) mass is 381 g/mol.